The number of rotatable bonds is 4. The first-order chi connectivity index (χ1) is 10.0. The maximum Gasteiger partial charge on any atom is 0.257 e. The van der Waals surface area contributed by atoms with Crippen molar-refractivity contribution in [1.82, 2.24) is 4.90 Å². The van der Waals surface area contributed by atoms with Crippen LogP contribution in [0.1, 0.15) is 36.0 Å². The normalized spacial score (nSPS) is 16.2. The predicted octanol–water partition coefficient (Wildman–Crippen LogP) is 2.10. The van der Waals surface area contributed by atoms with Gasteiger partial charge in [0.1, 0.15) is 0 Å². The zero-order chi connectivity index (χ0) is 15.4. The fraction of sp³-hybridized carbons (Fsp3) is 0.429. The van der Waals surface area contributed by atoms with E-state index in [1.54, 1.807) is 0 Å². The van der Waals surface area contributed by atoms with Crippen LogP contribution in [0.2, 0.25) is 0 Å². The van der Waals surface area contributed by atoms with E-state index in [0.29, 0.717) is 0 Å². The molecule has 0 aromatic heterocycles. The Morgan fingerprint density at radius 1 is 1.38 bits per heavy atom. The topological polar surface area (TPSA) is 78.9 Å². The van der Waals surface area contributed by atoms with Gasteiger partial charge >= 0.3 is 0 Å². The van der Waals surface area contributed by atoms with E-state index in [1.807, 2.05) is 0 Å². The zero-order valence-corrected chi connectivity index (χ0v) is 11.4. The smallest absolute Gasteiger partial charge is 0.257 e. The lowest BCUT2D eigenvalue weighted by Crippen LogP contribution is -2.44. The second-order valence-corrected chi connectivity index (χ2v) is 5.06. The van der Waals surface area contributed by atoms with Crippen molar-refractivity contribution >= 4 is 11.7 Å². The summed E-state index contributed by atoms with van der Waals surface area (Å²) in [6.45, 7) is -0.115. The first-order valence-electron chi connectivity index (χ1n) is 6.76. The van der Waals surface area contributed by atoms with Gasteiger partial charge in [-0.3, -0.25) is 4.79 Å². The molecule has 21 heavy (non-hydrogen) atoms. The molecule has 0 radical (unpaired) electrons. The molecule has 0 bridgehead atoms. The van der Waals surface area contributed by atoms with Gasteiger partial charge < -0.3 is 15.8 Å². The van der Waals surface area contributed by atoms with Crippen LogP contribution in [0.5, 0.6) is 0 Å². The third kappa shape index (κ3) is 3.29. The molecule has 1 amide bonds. The highest BCUT2D eigenvalue weighted by atomic mass is 19.2. The molecule has 1 aromatic carbocycles. The summed E-state index contributed by atoms with van der Waals surface area (Å²) in [5.74, 6) is -3.04. The van der Waals surface area contributed by atoms with Crippen molar-refractivity contribution in [1.29, 1.82) is 0 Å². The molecule has 0 heterocycles. The van der Waals surface area contributed by atoms with Crippen LogP contribution >= 0.6 is 0 Å². The Balaban J connectivity index is 2.30. The van der Waals surface area contributed by atoms with Gasteiger partial charge in [0.25, 0.3) is 5.91 Å². The fourth-order valence-corrected chi connectivity index (χ4v) is 2.61. The summed E-state index contributed by atoms with van der Waals surface area (Å²) < 4.78 is 27.1. The Morgan fingerprint density at radius 2 is 2.05 bits per heavy atom. The lowest BCUT2D eigenvalue weighted by molar-refractivity contribution is 0.0706. The number of carbonyl (C=O) groups is 1. The summed E-state index contributed by atoms with van der Waals surface area (Å²) in [5.41, 5.74) is 5.12. The molecule has 0 aliphatic heterocycles. The van der Waals surface area contributed by atoms with Crippen molar-refractivity contribution in [2.24, 2.45) is 10.9 Å². The third-order valence-corrected chi connectivity index (χ3v) is 3.67. The van der Waals surface area contributed by atoms with E-state index >= 15 is 0 Å². The van der Waals surface area contributed by atoms with E-state index < -0.39 is 17.5 Å². The predicted molar refractivity (Wildman–Crippen MR) is 73.1 cm³/mol. The Labute approximate surface area is 121 Å². The van der Waals surface area contributed by atoms with Gasteiger partial charge in [0, 0.05) is 6.04 Å². The molecule has 3 N–H and O–H groups in total. The Morgan fingerprint density at radius 3 is 2.67 bits per heavy atom. The van der Waals surface area contributed by atoms with Crippen molar-refractivity contribution in [3.05, 3.63) is 35.4 Å². The molecule has 0 spiro atoms. The summed E-state index contributed by atoms with van der Waals surface area (Å²) in [4.78, 5) is 13.8. The summed E-state index contributed by atoms with van der Waals surface area (Å²) in [6.07, 6.45) is 3.44. The molecule has 0 unspecified atom stereocenters. The average molecular weight is 297 g/mol. The van der Waals surface area contributed by atoms with Crippen LogP contribution in [-0.2, 0) is 0 Å². The van der Waals surface area contributed by atoms with E-state index in [2.05, 4.69) is 5.16 Å². The van der Waals surface area contributed by atoms with Crippen LogP contribution < -0.4 is 5.73 Å². The van der Waals surface area contributed by atoms with Crippen LogP contribution in [0.25, 0.3) is 0 Å². The first-order valence-corrected chi connectivity index (χ1v) is 6.76. The van der Waals surface area contributed by atoms with Crippen molar-refractivity contribution in [2.75, 3.05) is 6.54 Å². The summed E-state index contributed by atoms with van der Waals surface area (Å²) in [6, 6.07) is 3.35. The maximum absolute atomic E-state index is 13.8. The number of amides is 1. The second kappa shape index (κ2) is 6.51. The molecule has 1 aliphatic rings. The number of benzene rings is 1. The number of oxime groups is 1. The standard InChI is InChI=1S/C14H17F2N3O2/c15-11-7-3-6-10(13(11)16)14(20)19(8-12(17)18-21)9-4-1-2-5-9/h3,6-7,9,21H,1-2,4-5,8H2,(H2,17,18). The highest BCUT2D eigenvalue weighted by molar-refractivity contribution is 5.97. The minimum Gasteiger partial charge on any atom is -0.409 e. The largest absolute Gasteiger partial charge is 0.409 e. The SMILES string of the molecule is NC(CN(C(=O)c1cccc(F)c1F)C1CCCC1)=NO. The number of hydrogen-bond donors (Lipinski definition) is 2. The summed E-state index contributed by atoms with van der Waals surface area (Å²) in [5, 5.41) is 11.5. The van der Waals surface area contributed by atoms with Crippen LogP contribution in [0.4, 0.5) is 8.78 Å². The Kier molecular flexibility index (Phi) is 4.72. The zero-order valence-electron chi connectivity index (χ0n) is 11.4. The van der Waals surface area contributed by atoms with Gasteiger partial charge in [0.05, 0.1) is 12.1 Å². The van der Waals surface area contributed by atoms with E-state index in [1.165, 1.54) is 17.0 Å². The molecule has 114 valence electrons. The van der Waals surface area contributed by atoms with Crippen molar-refractivity contribution in [2.45, 2.75) is 31.7 Å². The highest BCUT2D eigenvalue weighted by Crippen LogP contribution is 2.25. The Hall–Kier alpha value is -2.18. The molecule has 0 atom stereocenters. The van der Waals surface area contributed by atoms with E-state index in [-0.39, 0.29) is 24.0 Å². The Bertz CT molecular complexity index is 557. The average Bonchev–Trinajstić information content (AvgIpc) is 3.00. The molecule has 1 aromatic rings. The van der Waals surface area contributed by atoms with Crippen molar-refractivity contribution < 1.29 is 18.8 Å². The van der Waals surface area contributed by atoms with Crippen LogP contribution in [-0.4, -0.2) is 34.4 Å². The molecular formula is C14H17F2N3O2. The number of nitrogens with zero attached hydrogens (tertiary/aromatic N) is 2. The molecule has 1 saturated carbocycles. The van der Waals surface area contributed by atoms with Gasteiger partial charge in [-0.25, -0.2) is 8.78 Å². The van der Waals surface area contributed by atoms with Crippen molar-refractivity contribution in [3.8, 4) is 0 Å². The summed E-state index contributed by atoms with van der Waals surface area (Å²) >= 11 is 0. The van der Waals surface area contributed by atoms with Gasteiger partial charge in [-0.1, -0.05) is 24.1 Å². The minimum atomic E-state index is -1.18. The number of carbonyl (C=O) groups excluding carboxylic acids is 1. The number of hydrogen-bond acceptors (Lipinski definition) is 3. The van der Waals surface area contributed by atoms with Crippen LogP contribution in [0, 0.1) is 11.6 Å². The van der Waals surface area contributed by atoms with Gasteiger partial charge in [0.2, 0.25) is 0 Å². The van der Waals surface area contributed by atoms with Gasteiger partial charge in [-0.2, -0.15) is 0 Å². The lowest BCUT2D eigenvalue weighted by Gasteiger charge is -2.28. The quantitative estimate of drug-likeness (QED) is 0.386. The second-order valence-electron chi connectivity index (χ2n) is 5.06. The number of nitrogens with two attached hydrogens (primary N) is 1. The van der Waals surface area contributed by atoms with E-state index in [4.69, 9.17) is 10.9 Å². The minimum absolute atomic E-state index is 0.111. The monoisotopic (exact) mass is 297 g/mol. The first kappa shape index (κ1) is 15.2. The van der Waals surface area contributed by atoms with E-state index in [9.17, 15) is 13.6 Å². The number of amidine groups is 1. The number of halogens is 2. The van der Waals surface area contributed by atoms with E-state index in [0.717, 1.165) is 31.7 Å². The molecule has 0 saturated heterocycles. The lowest BCUT2D eigenvalue weighted by atomic mass is 10.1. The molecule has 5 nitrogen and oxygen atoms in total. The van der Waals surface area contributed by atoms with Crippen molar-refractivity contribution in [3.63, 3.8) is 0 Å². The molecule has 1 fully saturated rings. The van der Waals surface area contributed by atoms with Gasteiger partial charge in [-0.05, 0) is 25.0 Å². The van der Waals surface area contributed by atoms with Crippen LogP contribution in [0.3, 0.4) is 0 Å². The molecule has 2 rings (SSSR count). The van der Waals surface area contributed by atoms with Crippen LogP contribution in [0.15, 0.2) is 23.4 Å². The fourth-order valence-electron chi connectivity index (χ4n) is 2.61. The highest BCUT2D eigenvalue weighted by Gasteiger charge is 2.30. The summed E-state index contributed by atoms with van der Waals surface area (Å²) in [7, 11) is 0. The molecule has 1 aliphatic carbocycles. The molecule has 7 heteroatoms. The molecular weight excluding hydrogens is 280 g/mol. The third-order valence-electron chi connectivity index (χ3n) is 3.67. The maximum atomic E-state index is 13.8. The van der Waals surface area contributed by atoms with Gasteiger partial charge in [0.15, 0.2) is 17.5 Å². The van der Waals surface area contributed by atoms with Gasteiger partial charge in [-0.15, -0.1) is 0 Å².